The van der Waals surface area contributed by atoms with Gasteiger partial charge in [0.15, 0.2) is 0 Å². The van der Waals surface area contributed by atoms with Gasteiger partial charge in [0.1, 0.15) is 5.75 Å². The minimum Gasteiger partial charge on any atom is -0.497 e. The van der Waals surface area contributed by atoms with E-state index in [4.69, 9.17) is 9.47 Å². The predicted octanol–water partition coefficient (Wildman–Crippen LogP) is 1.60. The molecule has 5 heteroatoms. The monoisotopic (exact) mass is 293 g/mol. The van der Waals surface area contributed by atoms with Crippen molar-refractivity contribution in [2.24, 2.45) is 5.92 Å². The van der Waals surface area contributed by atoms with Crippen LogP contribution < -0.4 is 10.1 Å². The van der Waals surface area contributed by atoms with Gasteiger partial charge in [0.25, 0.3) is 5.91 Å². The molecule has 0 aliphatic carbocycles. The van der Waals surface area contributed by atoms with Crippen molar-refractivity contribution in [2.45, 2.75) is 25.4 Å². The lowest BCUT2D eigenvalue weighted by Crippen LogP contribution is -2.32. The second-order valence-electron chi connectivity index (χ2n) is 5.29. The molecule has 1 atom stereocenters. The fraction of sp³-hybridized carbons (Fsp3) is 0.562. The van der Waals surface area contributed by atoms with Gasteiger partial charge in [0, 0.05) is 25.3 Å². The lowest BCUT2D eigenvalue weighted by molar-refractivity contribution is 0.00528. The Balaban J connectivity index is 1.72. The van der Waals surface area contributed by atoms with Crippen LogP contribution in [0.4, 0.5) is 0 Å². The molecule has 1 saturated heterocycles. The molecule has 1 heterocycles. The van der Waals surface area contributed by atoms with Crippen molar-refractivity contribution in [3.63, 3.8) is 0 Å². The quantitative estimate of drug-likeness (QED) is 0.836. The molecule has 1 aromatic carbocycles. The first kappa shape index (κ1) is 15.8. The molecule has 1 fully saturated rings. The van der Waals surface area contributed by atoms with E-state index < -0.39 is 0 Å². The van der Waals surface area contributed by atoms with Gasteiger partial charge in [-0.2, -0.15) is 0 Å². The SMILES string of the molecule is COc1ccc(C(=O)NCC[C@@H](O)C2CCOCC2)cc1. The average molecular weight is 293 g/mol. The first-order valence-corrected chi connectivity index (χ1v) is 7.39. The van der Waals surface area contributed by atoms with Gasteiger partial charge in [0.05, 0.1) is 13.2 Å². The van der Waals surface area contributed by atoms with Crippen LogP contribution in [0.3, 0.4) is 0 Å². The van der Waals surface area contributed by atoms with Crippen molar-refractivity contribution < 1.29 is 19.4 Å². The minimum absolute atomic E-state index is 0.128. The molecular formula is C16H23NO4. The fourth-order valence-corrected chi connectivity index (χ4v) is 2.51. The number of rotatable bonds is 6. The van der Waals surface area contributed by atoms with E-state index in [0.717, 1.165) is 31.8 Å². The third-order valence-electron chi connectivity index (χ3n) is 3.89. The van der Waals surface area contributed by atoms with Crippen LogP contribution in [0.25, 0.3) is 0 Å². The highest BCUT2D eigenvalue weighted by molar-refractivity contribution is 5.94. The van der Waals surface area contributed by atoms with Gasteiger partial charge < -0.3 is 19.9 Å². The van der Waals surface area contributed by atoms with Crippen molar-refractivity contribution >= 4 is 5.91 Å². The zero-order chi connectivity index (χ0) is 15.1. The Morgan fingerprint density at radius 3 is 2.67 bits per heavy atom. The number of hydrogen-bond acceptors (Lipinski definition) is 4. The van der Waals surface area contributed by atoms with Crippen LogP contribution in [0, 0.1) is 5.92 Å². The van der Waals surface area contributed by atoms with E-state index in [1.165, 1.54) is 0 Å². The molecular weight excluding hydrogens is 270 g/mol. The van der Waals surface area contributed by atoms with E-state index in [1.807, 2.05) is 0 Å². The first-order valence-electron chi connectivity index (χ1n) is 7.39. The second-order valence-corrected chi connectivity index (χ2v) is 5.29. The summed E-state index contributed by atoms with van der Waals surface area (Å²) in [7, 11) is 1.59. The van der Waals surface area contributed by atoms with Crippen LogP contribution in [-0.4, -0.2) is 44.0 Å². The van der Waals surface area contributed by atoms with Gasteiger partial charge in [-0.1, -0.05) is 0 Å². The molecule has 2 N–H and O–H groups in total. The molecule has 0 saturated carbocycles. The van der Waals surface area contributed by atoms with E-state index in [9.17, 15) is 9.90 Å². The van der Waals surface area contributed by atoms with Crippen molar-refractivity contribution in [1.82, 2.24) is 5.32 Å². The third-order valence-corrected chi connectivity index (χ3v) is 3.89. The Morgan fingerprint density at radius 2 is 2.05 bits per heavy atom. The molecule has 2 rings (SSSR count). The Labute approximate surface area is 125 Å². The van der Waals surface area contributed by atoms with E-state index >= 15 is 0 Å². The van der Waals surface area contributed by atoms with Crippen LogP contribution in [0.5, 0.6) is 5.75 Å². The summed E-state index contributed by atoms with van der Waals surface area (Å²) >= 11 is 0. The summed E-state index contributed by atoms with van der Waals surface area (Å²) in [6.45, 7) is 1.92. The molecule has 5 nitrogen and oxygen atoms in total. The van der Waals surface area contributed by atoms with Crippen LogP contribution in [-0.2, 0) is 4.74 Å². The largest absolute Gasteiger partial charge is 0.497 e. The molecule has 1 amide bonds. The van der Waals surface area contributed by atoms with Gasteiger partial charge in [-0.15, -0.1) is 0 Å². The molecule has 0 unspecified atom stereocenters. The smallest absolute Gasteiger partial charge is 0.251 e. The average Bonchev–Trinajstić information content (AvgIpc) is 2.55. The van der Waals surface area contributed by atoms with Gasteiger partial charge in [-0.3, -0.25) is 4.79 Å². The first-order chi connectivity index (χ1) is 10.2. The second kappa shape index (κ2) is 8.00. The summed E-state index contributed by atoms with van der Waals surface area (Å²) in [4.78, 5) is 11.9. The number of aliphatic hydroxyl groups is 1. The van der Waals surface area contributed by atoms with Crippen molar-refractivity contribution in [1.29, 1.82) is 0 Å². The molecule has 116 valence electrons. The molecule has 0 radical (unpaired) electrons. The number of methoxy groups -OCH3 is 1. The number of ether oxygens (including phenoxy) is 2. The summed E-state index contributed by atoms with van der Waals surface area (Å²) in [5.41, 5.74) is 0.594. The number of amides is 1. The molecule has 0 bridgehead atoms. The van der Waals surface area contributed by atoms with Gasteiger partial charge in [-0.05, 0) is 49.4 Å². The van der Waals surface area contributed by atoms with Crippen molar-refractivity contribution in [2.75, 3.05) is 26.9 Å². The number of benzene rings is 1. The summed E-state index contributed by atoms with van der Waals surface area (Å²) in [5.74, 6) is 0.884. The zero-order valence-corrected chi connectivity index (χ0v) is 12.4. The summed E-state index contributed by atoms with van der Waals surface area (Å²) in [5, 5.41) is 12.9. The fourth-order valence-electron chi connectivity index (χ4n) is 2.51. The Morgan fingerprint density at radius 1 is 1.38 bits per heavy atom. The standard InChI is InChI=1S/C16H23NO4/c1-20-14-4-2-13(3-5-14)16(19)17-9-6-15(18)12-7-10-21-11-8-12/h2-5,12,15,18H,6-11H2,1H3,(H,17,19)/t15-/m1/s1. The topological polar surface area (TPSA) is 67.8 Å². The highest BCUT2D eigenvalue weighted by Crippen LogP contribution is 2.20. The lowest BCUT2D eigenvalue weighted by atomic mass is 9.92. The highest BCUT2D eigenvalue weighted by Gasteiger charge is 2.21. The normalized spacial score (nSPS) is 17.2. The predicted molar refractivity (Wildman–Crippen MR) is 79.5 cm³/mol. The highest BCUT2D eigenvalue weighted by atomic mass is 16.5. The summed E-state index contributed by atoms with van der Waals surface area (Å²) in [6.07, 6.45) is 2.00. The van der Waals surface area contributed by atoms with Crippen molar-refractivity contribution in [3.8, 4) is 5.75 Å². The van der Waals surface area contributed by atoms with Crippen LogP contribution >= 0.6 is 0 Å². The van der Waals surface area contributed by atoms with Crippen LogP contribution in [0.2, 0.25) is 0 Å². The number of nitrogens with one attached hydrogen (secondary N) is 1. The Hall–Kier alpha value is -1.59. The minimum atomic E-state index is -0.370. The molecule has 0 spiro atoms. The summed E-state index contributed by atoms with van der Waals surface area (Å²) < 4.78 is 10.3. The molecule has 21 heavy (non-hydrogen) atoms. The Bertz CT molecular complexity index is 440. The number of carbonyl (C=O) groups excluding carboxylic acids is 1. The lowest BCUT2D eigenvalue weighted by Gasteiger charge is -2.26. The number of hydrogen-bond donors (Lipinski definition) is 2. The summed E-state index contributed by atoms with van der Waals surface area (Å²) in [6, 6.07) is 6.96. The Kier molecular flexibility index (Phi) is 6.02. The number of aliphatic hydroxyl groups excluding tert-OH is 1. The maximum absolute atomic E-state index is 11.9. The van der Waals surface area contributed by atoms with E-state index in [1.54, 1.807) is 31.4 Å². The van der Waals surface area contributed by atoms with E-state index in [-0.39, 0.29) is 17.9 Å². The maximum atomic E-state index is 11.9. The van der Waals surface area contributed by atoms with Gasteiger partial charge in [0.2, 0.25) is 0 Å². The van der Waals surface area contributed by atoms with Crippen LogP contribution in [0.1, 0.15) is 29.6 Å². The van der Waals surface area contributed by atoms with E-state index in [2.05, 4.69) is 5.32 Å². The number of carbonyl (C=O) groups is 1. The molecule has 0 aromatic heterocycles. The van der Waals surface area contributed by atoms with E-state index in [0.29, 0.717) is 18.5 Å². The maximum Gasteiger partial charge on any atom is 0.251 e. The van der Waals surface area contributed by atoms with Crippen molar-refractivity contribution in [3.05, 3.63) is 29.8 Å². The molecule has 1 aliphatic heterocycles. The molecule has 1 aliphatic rings. The molecule has 1 aromatic rings. The van der Waals surface area contributed by atoms with Crippen LogP contribution in [0.15, 0.2) is 24.3 Å². The zero-order valence-electron chi connectivity index (χ0n) is 12.4. The van der Waals surface area contributed by atoms with Gasteiger partial charge in [-0.25, -0.2) is 0 Å². The third kappa shape index (κ3) is 4.72. The van der Waals surface area contributed by atoms with Gasteiger partial charge >= 0.3 is 0 Å².